The van der Waals surface area contributed by atoms with Gasteiger partial charge in [-0.15, -0.1) is 11.8 Å². The lowest BCUT2D eigenvalue weighted by atomic mass is 10.1. The summed E-state index contributed by atoms with van der Waals surface area (Å²) in [6.07, 6.45) is 1.68. The molecule has 0 rings (SSSR count). The number of likely N-dealkylation sites (N-methyl/N-ethyl adjacent to an activating group) is 1. The van der Waals surface area contributed by atoms with Crippen LogP contribution < -0.4 is 5.32 Å². The summed E-state index contributed by atoms with van der Waals surface area (Å²) in [5.74, 6) is 5.98. The summed E-state index contributed by atoms with van der Waals surface area (Å²) in [6, 6.07) is 0.228. The topological polar surface area (TPSA) is 30.5 Å². The lowest BCUT2D eigenvalue weighted by Crippen LogP contribution is -2.43. The van der Waals surface area contributed by atoms with Gasteiger partial charge in [-0.1, -0.05) is 6.92 Å². The molecular weight excluding hydrogens is 202 g/mol. The van der Waals surface area contributed by atoms with Crippen molar-refractivity contribution in [1.29, 1.82) is 0 Å². The fraction of sp³-hybridized carbons (Fsp3) is 0.846. The van der Waals surface area contributed by atoms with Crippen LogP contribution in [0.25, 0.3) is 0 Å². The van der Waals surface area contributed by atoms with E-state index < -0.39 is 0 Å². The van der Waals surface area contributed by atoms with Gasteiger partial charge in [-0.25, -0.2) is 0 Å². The predicted octanol–water partition coefficient (Wildman–Crippen LogP) is 2.17. The monoisotopic (exact) mass is 227 g/mol. The average Bonchev–Trinajstić information content (AvgIpc) is 2.28. The van der Waals surface area contributed by atoms with Crippen LogP contribution in [0.4, 0.5) is 0 Å². The van der Waals surface area contributed by atoms with Crippen LogP contribution in [0.15, 0.2) is 0 Å². The van der Waals surface area contributed by atoms with Crippen LogP contribution in [0.3, 0.4) is 0 Å². The molecule has 1 atom stereocenters. The summed E-state index contributed by atoms with van der Waals surface area (Å²) < 4.78 is 11.2. The van der Waals surface area contributed by atoms with Crippen LogP contribution in [0.2, 0.25) is 0 Å². The molecule has 0 aliphatic heterocycles. The van der Waals surface area contributed by atoms with Crippen LogP contribution in [-0.2, 0) is 9.47 Å². The van der Waals surface area contributed by atoms with Gasteiger partial charge >= 0.3 is 0 Å². The van der Waals surface area contributed by atoms with E-state index in [1.165, 1.54) is 0 Å². The second-order valence-corrected chi connectivity index (χ2v) is 3.41. The van der Waals surface area contributed by atoms with E-state index in [9.17, 15) is 0 Å². The highest BCUT2D eigenvalue weighted by Gasteiger charge is 2.20. The van der Waals surface area contributed by atoms with Crippen LogP contribution >= 0.6 is 0 Å². The Morgan fingerprint density at radius 3 is 2.19 bits per heavy atom. The molecule has 16 heavy (non-hydrogen) atoms. The van der Waals surface area contributed by atoms with E-state index in [0.717, 1.165) is 19.4 Å². The van der Waals surface area contributed by atoms with E-state index in [0.29, 0.717) is 13.2 Å². The predicted molar refractivity (Wildman–Crippen MR) is 67.2 cm³/mol. The smallest absolute Gasteiger partial charge is 0.172 e. The molecule has 0 aromatic rings. The van der Waals surface area contributed by atoms with Crippen molar-refractivity contribution < 1.29 is 9.47 Å². The molecule has 0 spiro atoms. The highest BCUT2D eigenvalue weighted by molar-refractivity contribution is 4.95. The van der Waals surface area contributed by atoms with Gasteiger partial charge in [-0.2, -0.15) is 0 Å². The van der Waals surface area contributed by atoms with Gasteiger partial charge in [0.2, 0.25) is 0 Å². The summed E-state index contributed by atoms with van der Waals surface area (Å²) in [5, 5.41) is 3.39. The first-order valence-corrected chi connectivity index (χ1v) is 6.16. The molecule has 0 saturated carbocycles. The Balaban J connectivity index is 4.22. The third-order valence-corrected chi connectivity index (χ3v) is 2.21. The molecule has 0 aromatic heterocycles. The molecule has 1 unspecified atom stereocenters. The summed E-state index contributed by atoms with van der Waals surface area (Å²) in [6.45, 7) is 10.2. The molecule has 0 radical (unpaired) electrons. The maximum Gasteiger partial charge on any atom is 0.172 e. The molecule has 0 bridgehead atoms. The Morgan fingerprint density at radius 2 is 1.75 bits per heavy atom. The number of rotatable bonds is 9. The Kier molecular flexibility index (Phi) is 10.6. The molecule has 0 aromatic carbocycles. The molecular formula is C13H25NO2. The molecule has 0 aliphatic rings. The van der Waals surface area contributed by atoms with Crippen LogP contribution in [0, 0.1) is 11.8 Å². The van der Waals surface area contributed by atoms with Crippen LogP contribution in [0.5, 0.6) is 0 Å². The maximum absolute atomic E-state index is 5.59. The number of ether oxygens (including phenoxy) is 2. The highest BCUT2D eigenvalue weighted by atomic mass is 16.7. The molecule has 0 amide bonds. The number of nitrogens with one attached hydrogen (secondary N) is 1. The SMILES string of the molecule is CC#CCCC(NCC)C(OCC)OCC. The second kappa shape index (κ2) is 10.9. The van der Waals surface area contributed by atoms with E-state index in [1.54, 1.807) is 0 Å². The first-order valence-electron chi connectivity index (χ1n) is 6.16. The fourth-order valence-corrected chi connectivity index (χ4v) is 1.56. The molecule has 0 fully saturated rings. The van der Waals surface area contributed by atoms with Crippen molar-refractivity contribution in [3.05, 3.63) is 0 Å². The highest BCUT2D eigenvalue weighted by Crippen LogP contribution is 2.08. The fourth-order valence-electron chi connectivity index (χ4n) is 1.56. The quantitative estimate of drug-likeness (QED) is 0.484. The number of hydrogen-bond acceptors (Lipinski definition) is 3. The minimum Gasteiger partial charge on any atom is -0.351 e. The summed E-state index contributed by atoms with van der Waals surface area (Å²) in [4.78, 5) is 0. The third kappa shape index (κ3) is 6.84. The minimum absolute atomic E-state index is 0.159. The van der Waals surface area contributed by atoms with Crippen molar-refractivity contribution in [3.8, 4) is 11.8 Å². The summed E-state index contributed by atoms with van der Waals surface area (Å²) in [5.41, 5.74) is 0. The average molecular weight is 227 g/mol. The van der Waals surface area contributed by atoms with Crippen LogP contribution in [-0.4, -0.2) is 32.1 Å². The minimum atomic E-state index is -0.159. The largest absolute Gasteiger partial charge is 0.351 e. The Bertz CT molecular complexity index is 202. The first-order chi connectivity index (χ1) is 7.79. The maximum atomic E-state index is 5.59. The van der Waals surface area contributed by atoms with Gasteiger partial charge in [-0.05, 0) is 33.7 Å². The van der Waals surface area contributed by atoms with E-state index in [-0.39, 0.29) is 12.3 Å². The lowest BCUT2D eigenvalue weighted by molar-refractivity contribution is -0.154. The van der Waals surface area contributed by atoms with E-state index in [4.69, 9.17) is 9.47 Å². The van der Waals surface area contributed by atoms with Gasteiger partial charge in [0.15, 0.2) is 6.29 Å². The van der Waals surface area contributed by atoms with E-state index >= 15 is 0 Å². The van der Waals surface area contributed by atoms with Crippen LogP contribution in [0.1, 0.15) is 40.5 Å². The van der Waals surface area contributed by atoms with Gasteiger partial charge in [0.1, 0.15) is 0 Å². The van der Waals surface area contributed by atoms with E-state index in [2.05, 4.69) is 24.1 Å². The molecule has 0 saturated heterocycles. The van der Waals surface area contributed by atoms with E-state index in [1.807, 2.05) is 20.8 Å². The molecule has 0 heterocycles. The van der Waals surface area contributed by atoms with Crippen molar-refractivity contribution >= 4 is 0 Å². The van der Waals surface area contributed by atoms with Crippen molar-refractivity contribution in [2.75, 3.05) is 19.8 Å². The Hall–Kier alpha value is -0.560. The standard InChI is InChI=1S/C13H25NO2/c1-5-9-10-11-12(14-6-2)13(15-7-3)16-8-4/h12-14H,6-8,10-11H2,1-4H3. The summed E-state index contributed by atoms with van der Waals surface area (Å²) in [7, 11) is 0. The normalized spacial score (nSPS) is 12.3. The van der Waals surface area contributed by atoms with Gasteiger partial charge < -0.3 is 14.8 Å². The molecule has 3 heteroatoms. The van der Waals surface area contributed by atoms with Gasteiger partial charge in [0.25, 0.3) is 0 Å². The zero-order chi connectivity index (χ0) is 12.2. The molecule has 94 valence electrons. The van der Waals surface area contributed by atoms with Gasteiger partial charge in [-0.3, -0.25) is 0 Å². The van der Waals surface area contributed by atoms with Crippen molar-refractivity contribution in [3.63, 3.8) is 0 Å². The molecule has 3 nitrogen and oxygen atoms in total. The first kappa shape index (κ1) is 15.4. The summed E-state index contributed by atoms with van der Waals surface area (Å²) >= 11 is 0. The second-order valence-electron chi connectivity index (χ2n) is 3.41. The lowest BCUT2D eigenvalue weighted by Gasteiger charge is -2.26. The van der Waals surface area contributed by atoms with Crippen molar-refractivity contribution in [2.24, 2.45) is 0 Å². The number of hydrogen-bond donors (Lipinski definition) is 1. The van der Waals surface area contributed by atoms with Gasteiger partial charge in [0.05, 0.1) is 6.04 Å². The zero-order valence-electron chi connectivity index (χ0n) is 11.0. The Labute approximate surface area is 99.9 Å². The van der Waals surface area contributed by atoms with Crippen molar-refractivity contribution in [1.82, 2.24) is 5.32 Å². The molecule has 1 N–H and O–H groups in total. The van der Waals surface area contributed by atoms with Crippen molar-refractivity contribution in [2.45, 2.75) is 52.9 Å². The molecule has 0 aliphatic carbocycles. The third-order valence-electron chi connectivity index (χ3n) is 2.21. The van der Waals surface area contributed by atoms with Gasteiger partial charge in [0, 0.05) is 19.6 Å². The zero-order valence-corrected chi connectivity index (χ0v) is 11.0. The Morgan fingerprint density at radius 1 is 1.12 bits per heavy atom.